The van der Waals surface area contributed by atoms with Gasteiger partial charge in [-0.2, -0.15) is 0 Å². The summed E-state index contributed by atoms with van der Waals surface area (Å²) in [6.07, 6.45) is 1.33. The molecule has 0 aliphatic heterocycles. The Morgan fingerprint density at radius 1 is 1.33 bits per heavy atom. The quantitative estimate of drug-likeness (QED) is 0.903. The lowest BCUT2D eigenvalue weighted by Crippen LogP contribution is -2.41. The zero-order valence-corrected chi connectivity index (χ0v) is 11.5. The molecule has 0 unspecified atom stereocenters. The first-order chi connectivity index (χ1) is 8.39. The second-order valence-electron chi connectivity index (χ2n) is 3.72. The van der Waals surface area contributed by atoms with Crippen molar-refractivity contribution in [3.63, 3.8) is 0 Å². The van der Waals surface area contributed by atoms with Gasteiger partial charge in [-0.05, 0) is 30.7 Å². The van der Waals surface area contributed by atoms with E-state index in [-0.39, 0.29) is 11.4 Å². The van der Waals surface area contributed by atoms with Gasteiger partial charge in [-0.3, -0.25) is 0 Å². The van der Waals surface area contributed by atoms with Crippen molar-refractivity contribution in [1.29, 1.82) is 0 Å². The SMILES string of the molecule is CCCCN(C(N)=O)S(=O)(=O)c1ccc(Cl)cc1. The van der Waals surface area contributed by atoms with Gasteiger partial charge in [0.05, 0.1) is 4.90 Å². The Kier molecular flexibility index (Phi) is 4.98. The normalized spacial score (nSPS) is 11.2. The second kappa shape index (κ2) is 6.06. The number of amides is 2. The van der Waals surface area contributed by atoms with Crippen LogP contribution in [-0.4, -0.2) is 25.3 Å². The van der Waals surface area contributed by atoms with Crippen LogP contribution in [0.15, 0.2) is 29.2 Å². The summed E-state index contributed by atoms with van der Waals surface area (Å²) in [5, 5.41) is 0.424. The van der Waals surface area contributed by atoms with Crippen LogP contribution in [0.2, 0.25) is 5.02 Å². The monoisotopic (exact) mass is 290 g/mol. The molecule has 0 fully saturated rings. The molecule has 0 atom stereocenters. The highest BCUT2D eigenvalue weighted by molar-refractivity contribution is 7.89. The lowest BCUT2D eigenvalue weighted by Gasteiger charge is -2.20. The van der Waals surface area contributed by atoms with Crippen molar-refractivity contribution in [2.45, 2.75) is 24.7 Å². The lowest BCUT2D eigenvalue weighted by molar-refractivity contribution is 0.231. The maximum absolute atomic E-state index is 12.2. The zero-order chi connectivity index (χ0) is 13.8. The van der Waals surface area contributed by atoms with Crippen molar-refractivity contribution in [3.8, 4) is 0 Å². The van der Waals surface area contributed by atoms with Crippen LogP contribution < -0.4 is 5.73 Å². The Hall–Kier alpha value is -1.27. The molecule has 0 spiro atoms. The molecular weight excluding hydrogens is 276 g/mol. The minimum atomic E-state index is -3.89. The lowest BCUT2D eigenvalue weighted by atomic mass is 10.3. The number of rotatable bonds is 5. The molecule has 2 N–H and O–H groups in total. The zero-order valence-electron chi connectivity index (χ0n) is 9.97. The topological polar surface area (TPSA) is 80.5 Å². The average Bonchev–Trinajstić information content (AvgIpc) is 2.29. The second-order valence-corrected chi connectivity index (χ2v) is 6.02. The fourth-order valence-corrected chi connectivity index (χ4v) is 2.85. The number of carbonyl (C=O) groups is 1. The third-order valence-corrected chi connectivity index (χ3v) is 4.42. The van der Waals surface area contributed by atoms with Gasteiger partial charge in [0, 0.05) is 11.6 Å². The van der Waals surface area contributed by atoms with Crippen LogP contribution >= 0.6 is 11.6 Å². The van der Waals surface area contributed by atoms with E-state index in [1.54, 1.807) is 0 Å². The van der Waals surface area contributed by atoms with Crippen LogP contribution in [-0.2, 0) is 10.0 Å². The molecule has 5 nitrogen and oxygen atoms in total. The van der Waals surface area contributed by atoms with Crippen molar-refractivity contribution in [2.24, 2.45) is 5.73 Å². The fourth-order valence-electron chi connectivity index (χ4n) is 1.38. The summed E-state index contributed by atoms with van der Waals surface area (Å²) in [7, 11) is -3.89. The van der Waals surface area contributed by atoms with Gasteiger partial charge in [0.15, 0.2) is 0 Å². The average molecular weight is 291 g/mol. The number of nitrogens with zero attached hydrogens (tertiary/aromatic N) is 1. The van der Waals surface area contributed by atoms with Crippen LogP contribution in [0, 0.1) is 0 Å². The predicted octanol–water partition coefficient (Wildman–Crippen LogP) is 2.21. The molecule has 2 amide bonds. The van der Waals surface area contributed by atoms with Gasteiger partial charge in [-0.15, -0.1) is 0 Å². The number of halogens is 1. The first-order valence-electron chi connectivity index (χ1n) is 5.47. The van der Waals surface area contributed by atoms with Gasteiger partial charge in [0.2, 0.25) is 0 Å². The molecule has 100 valence electrons. The molecule has 0 aliphatic rings. The molecule has 0 saturated carbocycles. The maximum atomic E-state index is 12.2. The van der Waals surface area contributed by atoms with Crippen molar-refractivity contribution >= 4 is 27.7 Å². The van der Waals surface area contributed by atoms with Crippen LogP contribution in [0.3, 0.4) is 0 Å². The summed E-state index contributed by atoms with van der Waals surface area (Å²) in [5.41, 5.74) is 5.11. The van der Waals surface area contributed by atoms with Crippen molar-refractivity contribution in [3.05, 3.63) is 29.3 Å². The Balaban J connectivity index is 3.09. The van der Waals surface area contributed by atoms with Crippen LogP contribution in [0.4, 0.5) is 4.79 Å². The number of carbonyl (C=O) groups excluding carboxylic acids is 1. The highest BCUT2D eigenvalue weighted by Gasteiger charge is 2.26. The third kappa shape index (κ3) is 3.36. The Bertz CT molecular complexity index is 514. The summed E-state index contributed by atoms with van der Waals surface area (Å²) in [6, 6.07) is 4.62. The summed E-state index contributed by atoms with van der Waals surface area (Å²) >= 11 is 5.69. The highest BCUT2D eigenvalue weighted by Crippen LogP contribution is 2.18. The fraction of sp³-hybridized carbons (Fsp3) is 0.364. The molecule has 0 aliphatic carbocycles. The molecule has 1 aromatic rings. The molecule has 18 heavy (non-hydrogen) atoms. The molecular formula is C11H15ClN2O3S. The third-order valence-electron chi connectivity index (χ3n) is 2.36. The standard InChI is InChI=1S/C11H15ClN2O3S/c1-2-3-8-14(11(13)15)18(16,17)10-6-4-9(12)5-7-10/h4-7H,2-3,8H2,1H3,(H2,13,15). The van der Waals surface area contributed by atoms with Gasteiger partial charge in [0.1, 0.15) is 0 Å². The van der Waals surface area contributed by atoms with Gasteiger partial charge in [-0.1, -0.05) is 24.9 Å². The number of urea groups is 1. The number of hydrogen-bond donors (Lipinski definition) is 1. The summed E-state index contributed by atoms with van der Waals surface area (Å²) in [5.74, 6) is 0. The van der Waals surface area contributed by atoms with E-state index < -0.39 is 16.1 Å². The number of unbranched alkanes of at least 4 members (excludes halogenated alkanes) is 1. The van der Waals surface area contributed by atoms with Crippen LogP contribution in [0.25, 0.3) is 0 Å². The van der Waals surface area contributed by atoms with E-state index in [4.69, 9.17) is 17.3 Å². The Labute approximate surface area is 112 Å². The van der Waals surface area contributed by atoms with E-state index in [1.807, 2.05) is 6.92 Å². The molecule has 0 saturated heterocycles. The molecule has 1 rings (SSSR count). The summed E-state index contributed by atoms with van der Waals surface area (Å²) in [6.45, 7) is 1.98. The van der Waals surface area contributed by atoms with Crippen LogP contribution in [0.5, 0.6) is 0 Å². The number of nitrogens with two attached hydrogens (primary N) is 1. The van der Waals surface area contributed by atoms with Gasteiger partial charge >= 0.3 is 6.03 Å². The van der Waals surface area contributed by atoms with Gasteiger partial charge in [0.25, 0.3) is 10.0 Å². The number of sulfonamides is 1. The predicted molar refractivity (Wildman–Crippen MR) is 69.8 cm³/mol. The molecule has 0 heterocycles. The van der Waals surface area contributed by atoms with E-state index in [0.717, 1.165) is 6.42 Å². The summed E-state index contributed by atoms with van der Waals surface area (Å²) in [4.78, 5) is 11.2. The molecule has 0 bridgehead atoms. The maximum Gasteiger partial charge on any atom is 0.328 e. The molecule has 7 heteroatoms. The first kappa shape index (κ1) is 14.8. The van der Waals surface area contributed by atoms with Gasteiger partial charge < -0.3 is 5.73 Å². The van der Waals surface area contributed by atoms with Crippen molar-refractivity contribution in [1.82, 2.24) is 4.31 Å². The minimum Gasteiger partial charge on any atom is -0.351 e. The minimum absolute atomic E-state index is 0.00167. The van der Waals surface area contributed by atoms with E-state index in [0.29, 0.717) is 15.7 Å². The highest BCUT2D eigenvalue weighted by atomic mass is 35.5. The number of primary amides is 1. The van der Waals surface area contributed by atoms with Crippen LogP contribution in [0.1, 0.15) is 19.8 Å². The van der Waals surface area contributed by atoms with E-state index in [9.17, 15) is 13.2 Å². The van der Waals surface area contributed by atoms with E-state index in [1.165, 1.54) is 24.3 Å². The number of benzene rings is 1. The smallest absolute Gasteiger partial charge is 0.328 e. The first-order valence-corrected chi connectivity index (χ1v) is 7.29. The van der Waals surface area contributed by atoms with Crippen molar-refractivity contribution < 1.29 is 13.2 Å². The summed E-state index contributed by atoms with van der Waals surface area (Å²) < 4.78 is 25.0. The Morgan fingerprint density at radius 3 is 2.33 bits per heavy atom. The van der Waals surface area contributed by atoms with Gasteiger partial charge in [-0.25, -0.2) is 17.5 Å². The molecule has 0 radical (unpaired) electrons. The molecule has 1 aromatic carbocycles. The Morgan fingerprint density at radius 2 is 1.89 bits per heavy atom. The number of hydrogen-bond acceptors (Lipinski definition) is 3. The largest absolute Gasteiger partial charge is 0.351 e. The molecule has 0 aromatic heterocycles. The van der Waals surface area contributed by atoms with E-state index in [2.05, 4.69) is 0 Å². The van der Waals surface area contributed by atoms with Crippen molar-refractivity contribution in [2.75, 3.05) is 6.54 Å². The van der Waals surface area contributed by atoms with E-state index >= 15 is 0 Å².